The summed E-state index contributed by atoms with van der Waals surface area (Å²) >= 11 is 0. The molecule has 1 amide bonds. The van der Waals surface area contributed by atoms with E-state index in [2.05, 4.69) is 21.3 Å². The van der Waals surface area contributed by atoms with Gasteiger partial charge in [-0.25, -0.2) is 0 Å². The van der Waals surface area contributed by atoms with Gasteiger partial charge in [-0.3, -0.25) is 9.59 Å². The Labute approximate surface area is 96.5 Å². The van der Waals surface area contributed by atoms with Gasteiger partial charge < -0.3 is 21.3 Å². The lowest BCUT2D eigenvalue weighted by Gasteiger charge is -2.18. The first-order valence-corrected chi connectivity index (χ1v) is 5.34. The van der Waals surface area contributed by atoms with Crippen molar-refractivity contribution in [2.45, 2.75) is 19.0 Å². The van der Waals surface area contributed by atoms with E-state index in [-0.39, 0.29) is 23.8 Å². The van der Waals surface area contributed by atoms with Crippen LogP contribution >= 0.6 is 0 Å². The van der Waals surface area contributed by atoms with E-state index in [1.807, 2.05) is 0 Å². The maximum Gasteiger partial charge on any atom is 0.238 e. The molecule has 6 nitrogen and oxygen atoms in total. The predicted molar refractivity (Wildman–Crippen MR) is 63.3 cm³/mol. The van der Waals surface area contributed by atoms with Gasteiger partial charge in [-0.15, -0.1) is 0 Å². The summed E-state index contributed by atoms with van der Waals surface area (Å²) in [6, 6.07) is -0.606. The molecular formula is C10H22N4O2. The van der Waals surface area contributed by atoms with Crippen LogP contribution in [0, 0.1) is 0 Å². The molecule has 2 atom stereocenters. The van der Waals surface area contributed by atoms with Crippen LogP contribution in [-0.4, -0.2) is 58.0 Å². The number of nitrogens with one attached hydrogen (secondary N) is 4. The molecule has 0 rings (SSSR count). The summed E-state index contributed by atoms with van der Waals surface area (Å²) in [6.07, 6.45) is 0. The molecule has 4 N–H and O–H groups in total. The van der Waals surface area contributed by atoms with Crippen molar-refractivity contribution in [3.05, 3.63) is 0 Å². The van der Waals surface area contributed by atoms with Crippen LogP contribution in [-0.2, 0) is 9.59 Å². The average Bonchev–Trinajstić information content (AvgIpc) is 2.25. The second-order valence-corrected chi connectivity index (χ2v) is 3.60. The fourth-order valence-corrected chi connectivity index (χ4v) is 1.30. The van der Waals surface area contributed by atoms with Crippen LogP contribution in [0.25, 0.3) is 0 Å². The molecule has 0 saturated carbocycles. The summed E-state index contributed by atoms with van der Waals surface area (Å²) in [4.78, 5) is 22.8. The third-order valence-electron chi connectivity index (χ3n) is 2.39. The molecule has 6 heteroatoms. The van der Waals surface area contributed by atoms with E-state index in [4.69, 9.17) is 0 Å². The van der Waals surface area contributed by atoms with Crippen molar-refractivity contribution in [3.8, 4) is 0 Å². The van der Waals surface area contributed by atoms with E-state index in [9.17, 15) is 9.59 Å². The SMILES string of the molecule is CNC[C@H](NC)C(=O)NC[C@H](NC)C(C)=O. The van der Waals surface area contributed by atoms with Crippen molar-refractivity contribution in [2.75, 3.05) is 34.2 Å². The molecule has 0 aliphatic rings. The molecule has 0 radical (unpaired) electrons. The van der Waals surface area contributed by atoms with Gasteiger partial charge in [0.1, 0.15) is 5.78 Å². The van der Waals surface area contributed by atoms with Crippen molar-refractivity contribution >= 4 is 11.7 Å². The summed E-state index contributed by atoms with van der Waals surface area (Å²) < 4.78 is 0. The Kier molecular flexibility index (Phi) is 7.70. The van der Waals surface area contributed by atoms with E-state index in [1.54, 1.807) is 21.1 Å². The predicted octanol–water partition coefficient (Wildman–Crippen LogP) is -1.91. The van der Waals surface area contributed by atoms with E-state index in [0.29, 0.717) is 13.1 Å². The second kappa shape index (κ2) is 8.20. The lowest BCUT2D eigenvalue weighted by molar-refractivity contribution is -0.123. The minimum atomic E-state index is -0.323. The molecule has 0 saturated heterocycles. The Balaban J connectivity index is 4.07. The highest BCUT2D eigenvalue weighted by atomic mass is 16.2. The molecule has 0 aliphatic heterocycles. The molecule has 0 aromatic heterocycles. The number of likely N-dealkylation sites (N-methyl/N-ethyl adjacent to an activating group) is 3. The maximum absolute atomic E-state index is 11.7. The normalized spacial score (nSPS) is 14.2. The second-order valence-electron chi connectivity index (χ2n) is 3.60. The van der Waals surface area contributed by atoms with E-state index in [0.717, 1.165) is 0 Å². The topological polar surface area (TPSA) is 82.3 Å². The molecule has 94 valence electrons. The zero-order chi connectivity index (χ0) is 12.6. The first kappa shape index (κ1) is 15.0. The number of carbonyl (C=O) groups is 2. The minimum Gasteiger partial charge on any atom is -0.353 e. The fraction of sp³-hybridized carbons (Fsp3) is 0.800. The summed E-state index contributed by atoms with van der Waals surface area (Å²) in [5.74, 6) is -0.101. The number of amides is 1. The first-order valence-electron chi connectivity index (χ1n) is 5.34. The highest BCUT2D eigenvalue weighted by Gasteiger charge is 2.17. The van der Waals surface area contributed by atoms with Crippen molar-refractivity contribution in [3.63, 3.8) is 0 Å². The van der Waals surface area contributed by atoms with Gasteiger partial charge in [0, 0.05) is 13.1 Å². The molecule has 0 aromatic carbocycles. The molecule has 0 heterocycles. The van der Waals surface area contributed by atoms with Gasteiger partial charge in [0.2, 0.25) is 5.91 Å². The molecule has 0 unspecified atom stereocenters. The Morgan fingerprint density at radius 3 is 1.94 bits per heavy atom. The van der Waals surface area contributed by atoms with Crippen LogP contribution in [0.1, 0.15) is 6.92 Å². The molecule has 0 aromatic rings. The lowest BCUT2D eigenvalue weighted by atomic mass is 10.2. The number of Topliss-reactive ketones (excluding diaryl/α,β-unsaturated/α-hetero) is 1. The van der Waals surface area contributed by atoms with Crippen molar-refractivity contribution in [2.24, 2.45) is 0 Å². The number of rotatable bonds is 8. The largest absolute Gasteiger partial charge is 0.353 e. The third-order valence-corrected chi connectivity index (χ3v) is 2.39. The fourth-order valence-electron chi connectivity index (χ4n) is 1.30. The van der Waals surface area contributed by atoms with Crippen LogP contribution in [0.2, 0.25) is 0 Å². The summed E-state index contributed by atoms with van der Waals surface area (Å²) in [6.45, 7) is 2.36. The van der Waals surface area contributed by atoms with E-state index in [1.165, 1.54) is 6.92 Å². The Morgan fingerprint density at radius 2 is 1.56 bits per heavy atom. The minimum absolute atomic E-state index is 0.0115. The summed E-state index contributed by atoms with van der Waals surface area (Å²) in [5, 5.41) is 11.4. The number of hydrogen-bond acceptors (Lipinski definition) is 5. The summed E-state index contributed by atoms with van der Waals surface area (Å²) in [5.41, 5.74) is 0. The highest BCUT2D eigenvalue weighted by molar-refractivity contribution is 5.85. The van der Waals surface area contributed by atoms with Gasteiger partial charge in [-0.1, -0.05) is 0 Å². The third kappa shape index (κ3) is 5.20. The first-order chi connectivity index (χ1) is 7.56. The van der Waals surface area contributed by atoms with E-state index >= 15 is 0 Å². The number of hydrogen-bond donors (Lipinski definition) is 4. The molecular weight excluding hydrogens is 208 g/mol. The Morgan fingerprint density at radius 1 is 1.00 bits per heavy atom. The molecule has 16 heavy (non-hydrogen) atoms. The van der Waals surface area contributed by atoms with Crippen LogP contribution < -0.4 is 21.3 Å². The van der Waals surface area contributed by atoms with Gasteiger partial charge in [0.15, 0.2) is 0 Å². The summed E-state index contributed by atoms with van der Waals surface area (Å²) in [7, 11) is 5.20. The molecule has 0 aliphatic carbocycles. The van der Waals surface area contributed by atoms with Crippen LogP contribution in [0.4, 0.5) is 0 Å². The van der Waals surface area contributed by atoms with Crippen molar-refractivity contribution < 1.29 is 9.59 Å². The smallest absolute Gasteiger partial charge is 0.238 e. The maximum atomic E-state index is 11.7. The average molecular weight is 230 g/mol. The molecule has 0 fully saturated rings. The van der Waals surface area contributed by atoms with Crippen LogP contribution in [0.15, 0.2) is 0 Å². The quantitative estimate of drug-likeness (QED) is 0.391. The van der Waals surface area contributed by atoms with Crippen LogP contribution in [0.5, 0.6) is 0 Å². The van der Waals surface area contributed by atoms with Gasteiger partial charge in [0.25, 0.3) is 0 Å². The zero-order valence-electron chi connectivity index (χ0n) is 10.4. The number of carbonyl (C=O) groups excluding carboxylic acids is 2. The van der Waals surface area contributed by atoms with Gasteiger partial charge >= 0.3 is 0 Å². The van der Waals surface area contributed by atoms with Gasteiger partial charge in [0.05, 0.1) is 12.1 Å². The number of ketones is 1. The molecule has 0 spiro atoms. The lowest BCUT2D eigenvalue weighted by Crippen LogP contribution is -2.51. The van der Waals surface area contributed by atoms with Gasteiger partial charge in [-0.2, -0.15) is 0 Å². The van der Waals surface area contributed by atoms with E-state index < -0.39 is 0 Å². The monoisotopic (exact) mass is 230 g/mol. The van der Waals surface area contributed by atoms with Crippen molar-refractivity contribution in [1.29, 1.82) is 0 Å². The van der Waals surface area contributed by atoms with Crippen molar-refractivity contribution in [1.82, 2.24) is 21.3 Å². The Hall–Kier alpha value is -0.980. The molecule has 0 bridgehead atoms. The van der Waals surface area contributed by atoms with Gasteiger partial charge in [-0.05, 0) is 28.1 Å². The zero-order valence-corrected chi connectivity index (χ0v) is 10.4. The highest BCUT2D eigenvalue weighted by Crippen LogP contribution is 1.85. The Bertz CT molecular complexity index is 233. The van der Waals surface area contributed by atoms with Crippen LogP contribution in [0.3, 0.4) is 0 Å². The standard InChI is InChI=1S/C10H22N4O2/c1-7(15)8(12-3)6-14-10(16)9(13-4)5-11-2/h8-9,11-13H,5-6H2,1-4H3,(H,14,16)/t8-,9-/m0/s1.